The van der Waals surface area contributed by atoms with Crippen molar-refractivity contribution >= 4 is 5.97 Å². The molecule has 2 rings (SSSR count). The van der Waals surface area contributed by atoms with Gasteiger partial charge in [0.1, 0.15) is 5.41 Å². The van der Waals surface area contributed by atoms with Crippen molar-refractivity contribution in [2.24, 2.45) is 11.3 Å². The van der Waals surface area contributed by atoms with Crippen molar-refractivity contribution in [1.29, 1.82) is 0 Å². The van der Waals surface area contributed by atoms with Crippen LogP contribution in [0.15, 0.2) is 12.5 Å². The van der Waals surface area contributed by atoms with E-state index in [4.69, 9.17) is 4.74 Å². The van der Waals surface area contributed by atoms with Gasteiger partial charge in [-0.15, -0.1) is 0 Å². The molecule has 0 unspecified atom stereocenters. The molecule has 1 aliphatic rings. The monoisotopic (exact) mass is 353 g/mol. The van der Waals surface area contributed by atoms with Crippen LogP contribution in [0.4, 0.5) is 0 Å². The number of nitrogens with zero attached hydrogens (tertiary/aromatic N) is 3. The standard InChI is InChI=1S/C18H31N3O4/c1-14(2)4-6-18(17(23)24)12-20(7-5-16(18)22)11-15-10-19-13-21(15)8-9-25-3/h10,13-14,16,22H,4-9,11-12H2,1-3H3,(H,23,24)/t16-,18-/m1/s1. The molecule has 0 amide bonds. The average molecular weight is 353 g/mol. The quantitative estimate of drug-likeness (QED) is 0.701. The molecule has 0 spiro atoms. The summed E-state index contributed by atoms with van der Waals surface area (Å²) in [5.74, 6) is -0.479. The molecule has 2 atom stereocenters. The van der Waals surface area contributed by atoms with Crippen molar-refractivity contribution in [2.45, 2.75) is 52.3 Å². The number of aliphatic hydroxyl groups is 1. The largest absolute Gasteiger partial charge is 0.481 e. The third-order valence-electron chi connectivity index (χ3n) is 5.18. The van der Waals surface area contributed by atoms with E-state index in [0.29, 0.717) is 45.0 Å². The molecule has 1 fully saturated rings. The number of hydrogen-bond acceptors (Lipinski definition) is 5. The van der Waals surface area contributed by atoms with E-state index in [9.17, 15) is 15.0 Å². The van der Waals surface area contributed by atoms with E-state index in [0.717, 1.165) is 18.7 Å². The predicted molar refractivity (Wildman–Crippen MR) is 94.1 cm³/mol. The van der Waals surface area contributed by atoms with Crippen LogP contribution in [-0.2, 0) is 22.6 Å². The highest BCUT2D eigenvalue weighted by Gasteiger charge is 2.48. The number of piperidine rings is 1. The molecule has 1 aliphatic heterocycles. The number of imidazole rings is 1. The molecule has 25 heavy (non-hydrogen) atoms. The van der Waals surface area contributed by atoms with Crippen LogP contribution in [0.1, 0.15) is 38.8 Å². The average Bonchev–Trinajstić information content (AvgIpc) is 3.00. The minimum absolute atomic E-state index is 0.367. The molecular formula is C18H31N3O4. The van der Waals surface area contributed by atoms with E-state index in [1.54, 1.807) is 13.4 Å². The van der Waals surface area contributed by atoms with Crippen LogP contribution in [-0.4, -0.2) is 63.5 Å². The Balaban J connectivity index is 2.10. The van der Waals surface area contributed by atoms with Crippen molar-refractivity contribution in [3.63, 3.8) is 0 Å². The second-order valence-electron chi connectivity index (χ2n) is 7.48. The van der Waals surface area contributed by atoms with Gasteiger partial charge < -0.3 is 19.5 Å². The van der Waals surface area contributed by atoms with Gasteiger partial charge in [-0.25, -0.2) is 4.98 Å². The van der Waals surface area contributed by atoms with Gasteiger partial charge in [0.15, 0.2) is 0 Å². The number of carbonyl (C=O) groups is 1. The molecule has 0 aliphatic carbocycles. The zero-order valence-corrected chi connectivity index (χ0v) is 15.5. The molecule has 1 saturated heterocycles. The molecule has 0 saturated carbocycles. The summed E-state index contributed by atoms with van der Waals surface area (Å²) in [6.07, 6.45) is 4.58. The second kappa shape index (κ2) is 8.78. The summed E-state index contributed by atoms with van der Waals surface area (Å²) in [4.78, 5) is 18.4. The minimum Gasteiger partial charge on any atom is -0.481 e. The van der Waals surface area contributed by atoms with Crippen molar-refractivity contribution in [3.05, 3.63) is 18.2 Å². The number of aliphatic hydroxyl groups excluding tert-OH is 1. The third kappa shape index (κ3) is 4.80. The fraction of sp³-hybridized carbons (Fsp3) is 0.778. The molecule has 0 aromatic carbocycles. The molecule has 0 radical (unpaired) electrons. The summed E-state index contributed by atoms with van der Waals surface area (Å²) in [6.45, 7) is 7.18. The van der Waals surface area contributed by atoms with Crippen LogP contribution in [0.3, 0.4) is 0 Å². The van der Waals surface area contributed by atoms with E-state index in [1.807, 2.05) is 10.8 Å². The summed E-state index contributed by atoms with van der Waals surface area (Å²) in [6, 6.07) is 0. The SMILES string of the molecule is COCCn1cncc1CN1CC[C@@H](O)[C@](CCC(C)C)(C(=O)O)C1. The lowest BCUT2D eigenvalue weighted by molar-refractivity contribution is -0.165. The third-order valence-corrected chi connectivity index (χ3v) is 5.18. The van der Waals surface area contributed by atoms with Crippen LogP contribution in [0.25, 0.3) is 0 Å². The van der Waals surface area contributed by atoms with Crippen LogP contribution in [0.2, 0.25) is 0 Å². The van der Waals surface area contributed by atoms with Gasteiger partial charge in [0.05, 0.1) is 24.7 Å². The highest BCUT2D eigenvalue weighted by molar-refractivity contribution is 5.76. The normalized spacial score (nSPS) is 24.8. The van der Waals surface area contributed by atoms with Gasteiger partial charge in [-0.05, 0) is 25.2 Å². The lowest BCUT2D eigenvalue weighted by atomic mass is 9.73. The lowest BCUT2D eigenvalue weighted by Crippen LogP contribution is -2.55. The van der Waals surface area contributed by atoms with Crippen molar-refractivity contribution in [2.75, 3.05) is 26.8 Å². The fourth-order valence-corrected chi connectivity index (χ4v) is 3.51. The zero-order chi connectivity index (χ0) is 18.4. The van der Waals surface area contributed by atoms with Crippen LogP contribution in [0.5, 0.6) is 0 Å². The highest BCUT2D eigenvalue weighted by Crippen LogP contribution is 2.37. The first-order valence-corrected chi connectivity index (χ1v) is 9.01. The number of ether oxygens (including phenoxy) is 1. The van der Waals surface area contributed by atoms with Gasteiger partial charge in [0, 0.05) is 39.5 Å². The maximum absolute atomic E-state index is 12.0. The Labute approximate surface area is 149 Å². The van der Waals surface area contributed by atoms with Crippen LogP contribution >= 0.6 is 0 Å². The number of aromatic nitrogens is 2. The van der Waals surface area contributed by atoms with Gasteiger partial charge in [-0.1, -0.05) is 13.8 Å². The Kier molecular flexibility index (Phi) is 6.98. The smallest absolute Gasteiger partial charge is 0.313 e. The predicted octanol–water partition coefficient (Wildman–Crippen LogP) is 1.60. The summed E-state index contributed by atoms with van der Waals surface area (Å²) in [7, 11) is 1.67. The van der Waals surface area contributed by atoms with E-state index < -0.39 is 17.5 Å². The fourth-order valence-electron chi connectivity index (χ4n) is 3.51. The lowest BCUT2D eigenvalue weighted by Gasteiger charge is -2.43. The Morgan fingerprint density at radius 1 is 1.52 bits per heavy atom. The maximum atomic E-state index is 12.0. The summed E-state index contributed by atoms with van der Waals surface area (Å²) >= 11 is 0. The summed E-state index contributed by atoms with van der Waals surface area (Å²) < 4.78 is 7.15. The number of likely N-dealkylation sites (tertiary alicyclic amines) is 1. The van der Waals surface area contributed by atoms with E-state index >= 15 is 0 Å². The number of rotatable bonds is 9. The maximum Gasteiger partial charge on any atom is 0.313 e. The zero-order valence-electron chi connectivity index (χ0n) is 15.5. The Morgan fingerprint density at radius 2 is 2.28 bits per heavy atom. The molecule has 0 bridgehead atoms. The first-order valence-electron chi connectivity index (χ1n) is 9.01. The van der Waals surface area contributed by atoms with Gasteiger partial charge in [-0.2, -0.15) is 0 Å². The van der Waals surface area contributed by atoms with Gasteiger partial charge in [0.2, 0.25) is 0 Å². The molecule has 7 heteroatoms. The first kappa shape index (κ1) is 19.9. The van der Waals surface area contributed by atoms with E-state index in [1.165, 1.54) is 0 Å². The summed E-state index contributed by atoms with van der Waals surface area (Å²) in [5, 5.41) is 20.3. The Hall–Kier alpha value is -1.44. The minimum atomic E-state index is -1.08. The molecule has 2 heterocycles. The number of aliphatic carboxylic acids is 1. The highest BCUT2D eigenvalue weighted by atomic mass is 16.5. The number of hydrogen-bond donors (Lipinski definition) is 2. The van der Waals surface area contributed by atoms with E-state index in [2.05, 4.69) is 23.7 Å². The van der Waals surface area contributed by atoms with Crippen molar-refractivity contribution < 1.29 is 19.7 Å². The number of methoxy groups -OCH3 is 1. The Bertz CT molecular complexity index is 560. The molecule has 142 valence electrons. The topological polar surface area (TPSA) is 87.8 Å². The number of carboxylic acid groups (broad SMARTS) is 1. The van der Waals surface area contributed by atoms with Gasteiger partial charge >= 0.3 is 5.97 Å². The van der Waals surface area contributed by atoms with Gasteiger partial charge in [0.25, 0.3) is 0 Å². The number of carboxylic acids is 1. The van der Waals surface area contributed by atoms with Gasteiger partial charge in [-0.3, -0.25) is 9.69 Å². The van der Waals surface area contributed by atoms with Crippen LogP contribution < -0.4 is 0 Å². The van der Waals surface area contributed by atoms with Crippen molar-refractivity contribution in [1.82, 2.24) is 14.5 Å². The summed E-state index contributed by atoms with van der Waals surface area (Å²) in [5.41, 5.74) is -0.0449. The molecular weight excluding hydrogens is 322 g/mol. The Morgan fingerprint density at radius 3 is 2.92 bits per heavy atom. The first-order chi connectivity index (χ1) is 11.9. The van der Waals surface area contributed by atoms with E-state index in [-0.39, 0.29) is 0 Å². The second-order valence-corrected chi connectivity index (χ2v) is 7.48. The molecule has 1 aromatic rings. The molecule has 1 aromatic heterocycles. The van der Waals surface area contributed by atoms with Crippen molar-refractivity contribution in [3.8, 4) is 0 Å². The molecule has 7 nitrogen and oxygen atoms in total. The van der Waals surface area contributed by atoms with Crippen LogP contribution in [0, 0.1) is 11.3 Å². The molecule has 2 N–H and O–H groups in total.